The molecule has 44 heavy (non-hydrogen) atoms. The average molecular weight is 603 g/mol. The maximum absolute atomic E-state index is 15.0. The Kier molecular flexibility index (Phi) is 10.7. The van der Waals surface area contributed by atoms with Crippen molar-refractivity contribution >= 4 is 28.4 Å². The Morgan fingerprint density at radius 1 is 0.977 bits per heavy atom. The van der Waals surface area contributed by atoms with Crippen molar-refractivity contribution in [2.45, 2.75) is 19.4 Å². The summed E-state index contributed by atoms with van der Waals surface area (Å²) in [6.45, 7) is 4.73. The highest BCUT2D eigenvalue weighted by Gasteiger charge is 2.17. The number of fused-ring (bicyclic) bond motifs is 1. The zero-order valence-electron chi connectivity index (χ0n) is 24.3. The van der Waals surface area contributed by atoms with Gasteiger partial charge in [0.25, 0.3) is 0 Å². The monoisotopic (exact) mass is 602 g/mol. The summed E-state index contributed by atoms with van der Waals surface area (Å²) >= 11 is 0. The zero-order valence-corrected chi connectivity index (χ0v) is 24.3. The molecular formula is C33H35FN4O6. The molecule has 1 aliphatic heterocycles. The Morgan fingerprint density at radius 2 is 1.80 bits per heavy atom. The second-order valence-corrected chi connectivity index (χ2v) is 10.3. The van der Waals surface area contributed by atoms with Crippen molar-refractivity contribution in [1.82, 2.24) is 15.2 Å². The van der Waals surface area contributed by atoms with Crippen molar-refractivity contribution in [1.29, 1.82) is 0 Å². The van der Waals surface area contributed by atoms with Crippen molar-refractivity contribution in [3.8, 4) is 17.2 Å². The predicted octanol–water partition coefficient (Wildman–Crippen LogP) is 4.06. The highest BCUT2D eigenvalue weighted by Crippen LogP contribution is 2.35. The third-order valence-corrected chi connectivity index (χ3v) is 7.19. The molecule has 0 bridgehead atoms. The van der Waals surface area contributed by atoms with Crippen LogP contribution in [0.4, 0.5) is 10.1 Å². The van der Waals surface area contributed by atoms with E-state index in [1.807, 2.05) is 30.3 Å². The SMILES string of the molecule is O=C(NCCc1ccccc1)C(=O)Nc1ccc(Oc2ccnc3cc(OCCCN4CCOCC4)c(CO)cc23)c(F)c1. The van der Waals surface area contributed by atoms with Crippen LogP contribution < -0.4 is 20.1 Å². The van der Waals surface area contributed by atoms with Gasteiger partial charge in [0.05, 0.1) is 31.9 Å². The second-order valence-electron chi connectivity index (χ2n) is 10.3. The molecule has 0 saturated carbocycles. The van der Waals surface area contributed by atoms with Gasteiger partial charge in [-0.25, -0.2) is 4.39 Å². The van der Waals surface area contributed by atoms with E-state index in [-0.39, 0.29) is 24.6 Å². The Balaban J connectivity index is 1.19. The first-order valence-electron chi connectivity index (χ1n) is 14.6. The number of halogens is 1. The Hall–Kier alpha value is -4.58. The number of aliphatic hydroxyl groups excluding tert-OH is 1. The van der Waals surface area contributed by atoms with Gasteiger partial charge in [-0.2, -0.15) is 0 Å². The molecular weight excluding hydrogens is 567 g/mol. The number of aliphatic hydroxyl groups is 1. The largest absolute Gasteiger partial charge is 0.493 e. The summed E-state index contributed by atoms with van der Waals surface area (Å²) in [5.41, 5.74) is 2.26. The molecule has 2 amide bonds. The van der Waals surface area contributed by atoms with E-state index in [1.54, 1.807) is 24.4 Å². The van der Waals surface area contributed by atoms with Crippen LogP contribution in [-0.2, 0) is 27.4 Å². The van der Waals surface area contributed by atoms with Gasteiger partial charge in [-0.05, 0) is 42.7 Å². The van der Waals surface area contributed by atoms with Gasteiger partial charge in [-0.1, -0.05) is 30.3 Å². The Bertz CT molecular complexity index is 1580. The van der Waals surface area contributed by atoms with E-state index in [9.17, 15) is 14.7 Å². The number of rotatable bonds is 12. The summed E-state index contributed by atoms with van der Waals surface area (Å²) in [4.78, 5) is 31.2. The maximum Gasteiger partial charge on any atom is 0.313 e. The Labute approximate surface area is 254 Å². The topological polar surface area (TPSA) is 122 Å². The highest BCUT2D eigenvalue weighted by molar-refractivity contribution is 6.39. The van der Waals surface area contributed by atoms with Crippen molar-refractivity contribution in [2.75, 3.05) is 51.3 Å². The summed E-state index contributed by atoms with van der Waals surface area (Å²) in [6, 6.07) is 18.5. The van der Waals surface area contributed by atoms with E-state index < -0.39 is 17.6 Å². The molecule has 1 saturated heterocycles. The summed E-state index contributed by atoms with van der Waals surface area (Å²) in [7, 11) is 0. The van der Waals surface area contributed by atoms with Gasteiger partial charge in [0.1, 0.15) is 11.5 Å². The number of pyridine rings is 1. The van der Waals surface area contributed by atoms with E-state index >= 15 is 4.39 Å². The van der Waals surface area contributed by atoms with Gasteiger partial charge in [0, 0.05) is 61.1 Å². The van der Waals surface area contributed by atoms with Crippen LogP contribution in [0.1, 0.15) is 17.5 Å². The molecule has 4 aromatic rings. The van der Waals surface area contributed by atoms with Crippen LogP contribution in [0, 0.1) is 5.82 Å². The van der Waals surface area contributed by atoms with Crippen LogP contribution in [0.15, 0.2) is 72.9 Å². The molecule has 230 valence electrons. The van der Waals surface area contributed by atoms with Gasteiger partial charge < -0.3 is 30.0 Å². The lowest BCUT2D eigenvalue weighted by Crippen LogP contribution is -2.37. The molecule has 3 aromatic carbocycles. The van der Waals surface area contributed by atoms with Crippen LogP contribution in [0.25, 0.3) is 10.9 Å². The van der Waals surface area contributed by atoms with E-state index in [0.29, 0.717) is 41.0 Å². The van der Waals surface area contributed by atoms with Gasteiger partial charge >= 0.3 is 11.8 Å². The number of carbonyl (C=O) groups excluding carboxylic acids is 2. The lowest BCUT2D eigenvalue weighted by Gasteiger charge is -2.26. The molecule has 2 heterocycles. The number of nitrogens with one attached hydrogen (secondary N) is 2. The van der Waals surface area contributed by atoms with E-state index in [4.69, 9.17) is 14.2 Å². The number of aromatic nitrogens is 1. The molecule has 0 radical (unpaired) electrons. The molecule has 0 atom stereocenters. The van der Waals surface area contributed by atoms with E-state index in [2.05, 4.69) is 20.5 Å². The first-order chi connectivity index (χ1) is 21.5. The van der Waals surface area contributed by atoms with Crippen LogP contribution in [0.5, 0.6) is 17.2 Å². The molecule has 5 rings (SSSR count). The summed E-state index contributed by atoms with van der Waals surface area (Å²) < 4.78 is 32.3. The number of hydrogen-bond acceptors (Lipinski definition) is 8. The first kappa shape index (κ1) is 30.9. The molecule has 10 nitrogen and oxygen atoms in total. The van der Waals surface area contributed by atoms with Crippen molar-refractivity contribution in [3.05, 3.63) is 89.9 Å². The molecule has 0 spiro atoms. The molecule has 1 fully saturated rings. The number of carbonyl (C=O) groups is 2. The highest BCUT2D eigenvalue weighted by atomic mass is 19.1. The van der Waals surface area contributed by atoms with E-state index in [0.717, 1.165) is 50.9 Å². The van der Waals surface area contributed by atoms with Crippen molar-refractivity contribution < 1.29 is 33.3 Å². The predicted molar refractivity (Wildman–Crippen MR) is 163 cm³/mol. The Morgan fingerprint density at radius 3 is 2.57 bits per heavy atom. The van der Waals surface area contributed by atoms with Crippen LogP contribution in [0.3, 0.4) is 0 Å². The number of amides is 2. The standard InChI is InChI=1S/C33H35FN4O6/c34-27-20-25(37-33(41)32(40)36-11-9-23-5-2-1-3-6-23)7-8-30(27)44-29-10-12-35-28-21-31(24(22-39)19-26(28)29)43-16-4-13-38-14-17-42-18-15-38/h1-3,5-8,10,12,19-21,39H,4,9,11,13-18,22H2,(H,36,40)(H,37,41). The van der Waals surface area contributed by atoms with Crippen LogP contribution in [0.2, 0.25) is 0 Å². The van der Waals surface area contributed by atoms with Crippen molar-refractivity contribution in [3.63, 3.8) is 0 Å². The minimum Gasteiger partial charge on any atom is -0.493 e. The third-order valence-electron chi connectivity index (χ3n) is 7.19. The van der Waals surface area contributed by atoms with Crippen molar-refractivity contribution in [2.24, 2.45) is 0 Å². The third kappa shape index (κ3) is 8.28. The summed E-state index contributed by atoms with van der Waals surface area (Å²) in [6.07, 6.45) is 2.95. The molecule has 0 aliphatic carbocycles. The quantitative estimate of drug-likeness (QED) is 0.164. The molecule has 3 N–H and O–H groups in total. The van der Waals surface area contributed by atoms with Gasteiger partial charge in [0.2, 0.25) is 0 Å². The molecule has 1 aliphatic rings. The van der Waals surface area contributed by atoms with Crippen LogP contribution in [-0.4, -0.2) is 72.8 Å². The van der Waals surface area contributed by atoms with Gasteiger partial charge in [-0.3, -0.25) is 19.5 Å². The van der Waals surface area contributed by atoms with Crippen LogP contribution >= 0.6 is 0 Å². The normalized spacial score (nSPS) is 13.4. The lowest BCUT2D eigenvalue weighted by molar-refractivity contribution is -0.136. The summed E-state index contributed by atoms with van der Waals surface area (Å²) in [5.74, 6) is -1.68. The fourth-order valence-corrected chi connectivity index (χ4v) is 4.85. The summed E-state index contributed by atoms with van der Waals surface area (Å²) in [5, 5.41) is 15.6. The minimum atomic E-state index is -0.901. The molecule has 11 heteroatoms. The number of nitrogens with zero attached hydrogens (tertiary/aromatic N) is 2. The van der Waals surface area contributed by atoms with E-state index in [1.165, 1.54) is 12.1 Å². The number of hydrogen-bond donors (Lipinski definition) is 3. The maximum atomic E-state index is 15.0. The fourth-order valence-electron chi connectivity index (χ4n) is 4.85. The lowest BCUT2D eigenvalue weighted by atomic mass is 10.1. The number of morpholine rings is 1. The second kappa shape index (κ2) is 15.2. The number of ether oxygens (including phenoxy) is 3. The average Bonchev–Trinajstić information content (AvgIpc) is 3.05. The molecule has 1 aromatic heterocycles. The fraction of sp³-hybridized carbons (Fsp3) is 0.303. The van der Waals surface area contributed by atoms with Gasteiger partial charge in [-0.15, -0.1) is 0 Å². The molecule has 0 unspecified atom stereocenters. The number of anilines is 1. The minimum absolute atomic E-state index is 0.0863. The first-order valence-corrected chi connectivity index (χ1v) is 14.6. The smallest absolute Gasteiger partial charge is 0.313 e. The zero-order chi connectivity index (χ0) is 30.7. The van der Waals surface area contributed by atoms with Gasteiger partial charge in [0.15, 0.2) is 11.6 Å². The number of benzene rings is 3.